The maximum atomic E-state index is 11.0. The monoisotopic (exact) mass is 277 g/mol. The van der Waals surface area contributed by atoms with E-state index >= 15 is 0 Å². The average Bonchev–Trinajstić information content (AvgIpc) is 2.43. The van der Waals surface area contributed by atoms with E-state index in [0.29, 0.717) is 22.2 Å². The first kappa shape index (κ1) is 13.2. The lowest BCUT2D eigenvalue weighted by atomic mass is 10.3. The summed E-state index contributed by atoms with van der Waals surface area (Å²) in [7, 11) is 1.31. The maximum absolute atomic E-state index is 11.0. The van der Waals surface area contributed by atoms with E-state index in [4.69, 9.17) is 16.3 Å². The topological polar surface area (TPSA) is 47.6 Å². The van der Waals surface area contributed by atoms with Crippen LogP contribution >= 0.6 is 11.6 Å². The second-order valence-corrected chi connectivity index (χ2v) is 4.08. The molecule has 0 fully saturated rings. The van der Waals surface area contributed by atoms with Crippen LogP contribution in [0.3, 0.4) is 0 Å². The zero-order chi connectivity index (χ0) is 13.7. The summed E-state index contributed by atoms with van der Waals surface area (Å²) in [4.78, 5) is 11.0. The highest BCUT2D eigenvalue weighted by molar-refractivity contribution is 6.32. The number of hydrogen-bond donors (Lipinski definition) is 1. The van der Waals surface area contributed by atoms with Crippen molar-refractivity contribution >= 4 is 23.4 Å². The van der Waals surface area contributed by atoms with Crippen LogP contribution in [0.4, 0.5) is 10.5 Å². The molecule has 2 aromatic rings. The van der Waals surface area contributed by atoms with Crippen molar-refractivity contribution in [2.24, 2.45) is 0 Å². The van der Waals surface area contributed by atoms with Gasteiger partial charge in [-0.25, -0.2) is 4.79 Å². The van der Waals surface area contributed by atoms with Gasteiger partial charge in [-0.1, -0.05) is 23.7 Å². The van der Waals surface area contributed by atoms with Crippen LogP contribution in [0.2, 0.25) is 5.02 Å². The standard InChI is InChI=1S/C14H12ClNO3/c1-18-14(17)16-10-6-8-11(9-7-10)19-13-5-3-2-4-12(13)15/h2-9H,1H3,(H,16,17). The number of rotatable bonds is 3. The van der Waals surface area contributed by atoms with Crippen LogP contribution in [-0.4, -0.2) is 13.2 Å². The summed E-state index contributed by atoms with van der Waals surface area (Å²) in [5.41, 5.74) is 0.623. The Kier molecular flexibility index (Phi) is 4.26. The van der Waals surface area contributed by atoms with E-state index in [1.165, 1.54) is 7.11 Å². The lowest BCUT2D eigenvalue weighted by Crippen LogP contribution is -2.10. The number of nitrogens with one attached hydrogen (secondary N) is 1. The molecule has 0 radical (unpaired) electrons. The molecule has 0 aromatic heterocycles. The van der Waals surface area contributed by atoms with Crippen LogP contribution in [0, 0.1) is 0 Å². The van der Waals surface area contributed by atoms with Gasteiger partial charge in [-0.15, -0.1) is 0 Å². The molecule has 2 rings (SSSR count). The first-order valence-corrected chi connectivity index (χ1v) is 5.94. The molecular formula is C14H12ClNO3. The molecule has 0 heterocycles. The Labute approximate surface area is 115 Å². The predicted octanol–water partition coefficient (Wildman–Crippen LogP) is 4.31. The fourth-order valence-electron chi connectivity index (χ4n) is 1.43. The molecule has 1 N–H and O–H groups in total. The Morgan fingerprint density at radius 3 is 2.42 bits per heavy atom. The predicted molar refractivity (Wildman–Crippen MR) is 74.0 cm³/mol. The molecule has 0 unspecified atom stereocenters. The van der Waals surface area contributed by atoms with Crippen LogP contribution in [0.15, 0.2) is 48.5 Å². The number of methoxy groups -OCH3 is 1. The first-order chi connectivity index (χ1) is 9.19. The van der Waals surface area contributed by atoms with Crippen molar-refractivity contribution in [1.82, 2.24) is 0 Å². The van der Waals surface area contributed by atoms with Gasteiger partial charge in [0.15, 0.2) is 0 Å². The largest absolute Gasteiger partial charge is 0.456 e. The Hall–Kier alpha value is -2.20. The van der Waals surface area contributed by atoms with E-state index in [-0.39, 0.29) is 0 Å². The molecular weight excluding hydrogens is 266 g/mol. The van der Waals surface area contributed by atoms with Gasteiger partial charge in [0.2, 0.25) is 0 Å². The Morgan fingerprint density at radius 1 is 1.11 bits per heavy atom. The third-order valence-electron chi connectivity index (χ3n) is 2.35. The van der Waals surface area contributed by atoms with Crippen molar-refractivity contribution in [3.8, 4) is 11.5 Å². The Bertz CT molecular complexity index is 569. The van der Waals surface area contributed by atoms with Crippen LogP contribution in [0.1, 0.15) is 0 Å². The highest BCUT2D eigenvalue weighted by Gasteiger charge is 2.03. The molecule has 0 bridgehead atoms. The molecule has 0 aliphatic rings. The minimum absolute atomic E-state index is 0.514. The lowest BCUT2D eigenvalue weighted by molar-refractivity contribution is 0.187. The quantitative estimate of drug-likeness (QED) is 0.909. The Balaban J connectivity index is 2.07. The lowest BCUT2D eigenvalue weighted by Gasteiger charge is -2.08. The molecule has 19 heavy (non-hydrogen) atoms. The third-order valence-corrected chi connectivity index (χ3v) is 2.66. The van der Waals surface area contributed by atoms with Crippen molar-refractivity contribution in [2.45, 2.75) is 0 Å². The third kappa shape index (κ3) is 3.63. The number of benzene rings is 2. The zero-order valence-electron chi connectivity index (χ0n) is 10.2. The number of hydrogen-bond acceptors (Lipinski definition) is 3. The van der Waals surface area contributed by atoms with Crippen molar-refractivity contribution in [1.29, 1.82) is 0 Å². The zero-order valence-corrected chi connectivity index (χ0v) is 11.0. The smallest absolute Gasteiger partial charge is 0.411 e. The van der Waals surface area contributed by atoms with Crippen molar-refractivity contribution in [2.75, 3.05) is 12.4 Å². The molecule has 0 saturated carbocycles. The van der Waals surface area contributed by atoms with Crippen LogP contribution in [0.25, 0.3) is 0 Å². The van der Waals surface area contributed by atoms with Crippen molar-refractivity contribution < 1.29 is 14.3 Å². The maximum Gasteiger partial charge on any atom is 0.411 e. The molecule has 5 heteroatoms. The van der Waals surface area contributed by atoms with E-state index in [0.717, 1.165) is 0 Å². The first-order valence-electron chi connectivity index (χ1n) is 5.56. The second-order valence-electron chi connectivity index (χ2n) is 3.67. The Morgan fingerprint density at radius 2 is 1.79 bits per heavy atom. The number of amides is 1. The van der Waals surface area contributed by atoms with E-state index < -0.39 is 6.09 Å². The number of ether oxygens (including phenoxy) is 2. The summed E-state index contributed by atoms with van der Waals surface area (Å²) in [5.74, 6) is 1.21. The molecule has 98 valence electrons. The van der Waals surface area contributed by atoms with Crippen LogP contribution < -0.4 is 10.1 Å². The SMILES string of the molecule is COC(=O)Nc1ccc(Oc2ccccc2Cl)cc1. The fraction of sp³-hybridized carbons (Fsp3) is 0.0714. The molecule has 0 spiro atoms. The van der Waals surface area contributed by atoms with Gasteiger partial charge in [0.1, 0.15) is 11.5 Å². The van der Waals surface area contributed by atoms with Gasteiger partial charge < -0.3 is 9.47 Å². The van der Waals surface area contributed by atoms with Gasteiger partial charge in [0.25, 0.3) is 0 Å². The number of para-hydroxylation sites is 1. The minimum Gasteiger partial charge on any atom is -0.456 e. The summed E-state index contributed by atoms with van der Waals surface area (Å²) in [6, 6.07) is 14.1. The van der Waals surface area contributed by atoms with Crippen LogP contribution in [-0.2, 0) is 4.74 Å². The molecule has 2 aromatic carbocycles. The summed E-state index contributed by atoms with van der Waals surface area (Å²) in [5, 5.41) is 3.09. The highest BCUT2D eigenvalue weighted by atomic mass is 35.5. The van der Waals surface area contributed by atoms with Gasteiger partial charge in [0, 0.05) is 5.69 Å². The van der Waals surface area contributed by atoms with Crippen molar-refractivity contribution in [3.05, 3.63) is 53.6 Å². The average molecular weight is 278 g/mol. The van der Waals surface area contributed by atoms with E-state index in [9.17, 15) is 4.79 Å². The normalized spacial score (nSPS) is 9.79. The minimum atomic E-state index is -0.514. The summed E-state index contributed by atoms with van der Waals surface area (Å²) in [6.07, 6.45) is -0.514. The molecule has 0 aliphatic heterocycles. The number of carbonyl (C=O) groups excluding carboxylic acids is 1. The molecule has 1 amide bonds. The molecule has 0 atom stereocenters. The number of carbonyl (C=O) groups is 1. The van der Waals surface area contributed by atoms with Gasteiger partial charge in [-0.2, -0.15) is 0 Å². The van der Waals surface area contributed by atoms with Crippen LogP contribution in [0.5, 0.6) is 11.5 Å². The second kappa shape index (κ2) is 6.11. The van der Waals surface area contributed by atoms with E-state index in [2.05, 4.69) is 10.1 Å². The fourth-order valence-corrected chi connectivity index (χ4v) is 1.60. The van der Waals surface area contributed by atoms with E-state index in [1.54, 1.807) is 36.4 Å². The number of anilines is 1. The molecule has 0 saturated heterocycles. The summed E-state index contributed by atoms with van der Waals surface area (Å²) >= 11 is 5.99. The molecule has 4 nitrogen and oxygen atoms in total. The van der Waals surface area contributed by atoms with Gasteiger partial charge >= 0.3 is 6.09 Å². The highest BCUT2D eigenvalue weighted by Crippen LogP contribution is 2.29. The van der Waals surface area contributed by atoms with E-state index in [1.807, 2.05) is 12.1 Å². The summed E-state index contributed by atoms with van der Waals surface area (Å²) < 4.78 is 10.1. The van der Waals surface area contributed by atoms with Gasteiger partial charge in [0.05, 0.1) is 12.1 Å². The molecule has 0 aliphatic carbocycles. The van der Waals surface area contributed by atoms with Gasteiger partial charge in [-0.05, 0) is 36.4 Å². The number of halogens is 1. The van der Waals surface area contributed by atoms with Crippen molar-refractivity contribution in [3.63, 3.8) is 0 Å². The summed E-state index contributed by atoms with van der Waals surface area (Å²) in [6.45, 7) is 0. The van der Waals surface area contributed by atoms with Gasteiger partial charge in [-0.3, -0.25) is 5.32 Å².